The van der Waals surface area contributed by atoms with Gasteiger partial charge < -0.3 is 14.2 Å². The van der Waals surface area contributed by atoms with Crippen molar-refractivity contribution in [3.8, 4) is 0 Å². The minimum absolute atomic E-state index is 0.244. The molecule has 2 fully saturated rings. The molecule has 0 saturated carbocycles. The highest BCUT2D eigenvalue weighted by Crippen LogP contribution is 2.29. The van der Waals surface area contributed by atoms with Crippen LogP contribution >= 0.6 is 11.8 Å². The maximum Gasteiger partial charge on any atom is 0.237 e. The van der Waals surface area contributed by atoms with Crippen molar-refractivity contribution in [1.82, 2.24) is 24.9 Å². The molecule has 1 unspecified atom stereocenters. The van der Waals surface area contributed by atoms with Crippen LogP contribution in [-0.2, 0) is 23.5 Å². The van der Waals surface area contributed by atoms with Crippen molar-refractivity contribution >= 4 is 17.7 Å². The number of hydrogen-bond acceptors (Lipinski definition) is 8. The summed E-state index contributed by atoms with van der Waals surface area (Å²) < 4.78 is 13.6. The predicted octanol–water partition coefficient (Wildman–Crippen LogP) is 3.57. The van der Waals surface area contributed by atoms with E-state index in [2.05, 4.69) is 50.6 Å². The van der Waals surface area contributed by atoms with Gasteiger partial charge in [0.1, 0.15) is 0 Å². The summed E-state index contributed by atoms with van der Waals surface area (Å²) >= 11 is 1.61. The first-order valence-corrected chi connectivity index (χ1v) is 11.8. The van der Waals surface area contributed by atoms with Crippen LogP contribution in [0.4, 0.5) is 5.95 Å². The highest BCUT2D eigenvalue weighted by atomic mass is 32.2. The molecule has 8 nitrogen and oxygen atoms in total. The Morgan fingerprint density at radius 2 is 2.00 bits per heavy atom. The van der Waals surface area contributed by atoms with Gasteiger partial charge in [0.25, 0.3) is 0 Å². The van der Waals surface area contributed by atoms with Gasteiger partial charge in [-0.1, -0.05) is 37.7 Å². The lowest BCUT2D eigenvalue weighted by Crippen LogP contribution is -2.35. The number of aromatic nitrogens is 5. The summed E-state index contributed by atoms with van der Waals surface area (Å²) in [6, 6.07) is 0. The lowest BCUT2D eigenvalue weighted by molar-refractivity contribution is 0.0951. The van der Waals surface area contributed by atoms with Gasteiger partial charge in [0, 0.05) is 26.1 Å². The van der Waals surface area contributed by atoms with Crippen molar-refractivity contribution in [2.75, 3.05) is 24.6 Å². The third kappa shape index (κ3) is 5.31. The summed E-state index contributed by atoms with van der Waals surface area (Å²) in [5.41, 5.74) is 0. The standard InChI is InChI=1S/C20H32N6O2S/c1-14(2)11-17-21-18(28-24-17)13-29-20-23-22-19(25-8-6-15(3)7-9-25)26(20)12-16-5-4-10-27-16/h14-16H,4-13H2,1-3H3. The maximum absolute atomic E-state index is 5.90. The van der Waals surface area contributed by atoms with E-state index in [9.17, 15) is 0 Å². The second kappa shape index (κ2) is 9.47. The van der Waals surface area contributed by atoms with Crippen LogP contribution in [0.3, 0.4) is 0 Å². The Morgan fingerprint density at radius 3 is 2.72 bits per heavy atom. The third-order valence-corrected chi connectivity index (χ3v) is 6.55. The fourth-order valence-corrected chi connectivity index (χ4v) is 4.69. The van der Waals surface area contributed by atoms with Gasteiger partial charge in [0.05, 0.1) is 18.4 Å². The van der Waals surface area contributed by atoms with Gasteiger partial charge in [-0.15, -0.1) is 10.2 Å². The molecule has 0 N–H and O–H groups in total. The summed E-state index contributed by atoms with van der Waals surface area (Å²) in [6.07, 6.45) is 5.72. The SMILES string of the molecule is CC(C)Cc1noc(CSc2nnc(N3CCC(C)CC3)n2CC2CCCO2)n1. The molecule has 0 amide bonds. The third-order valence-electron chi connectivity index (χ3n) is 5.60. The second-order valence-electron chi connectivity index (χ2n) is 8.69. The highest BCUT2D eigenvalue weighted by molar-refractivity contribution is 7.98. The molecule has 0 radical (unpaired) electrons. The summed E-state index contributed by atoms with van der Waals surface area (Å²) in [5, 5.41) is 14.1. The molecule has 0 spiro atoms. The first-order valence-electron chi connectivity index (χ1n) is 10.8. The molecule has 2 saturated heterocycles. The molecule has 9 heteroatoms. The van der Waals surface area contributed by atoms with Crippen LogP contribution in [0.15, 0.2) is 9.68 Å². The summed E-state index contributed by atoms with van der Waals surface area (Å²) in [6.45, 7) is 10.4. The van der Waals surface area contributed by atoms with Gasteiger partial charge in [-0.2, -0.15) is 4.98 Å². The Morgan fingerprint density at radius 1 is 1.17 bits per heavy atom. The summed E-state index contributed by atoms with van der Waals surface area (Å²) in [5.74, 6) is 4.29. The smallest absolute Gasteiger partial charge is 0.237 e. The largest absolute Gasteiger partial charge is 0.376 e. The molecule has 2 aromatic heterocycles. The minimum atomic E-state index is 0.244. The Bertz CT molecular complexity index is 778. The molecule has 4 rings (SSSR count). The van der Waals surface area contributed by atoms with Crippen molar-refractivity contribution in [2.24, 2.45) is 11.8 Å². The van der Waals surface area contributed by atoms with Gasteiger partial charge in [-0.25, -0.2) is 0 Å². The van der Waals surface area contributed by atoms with Gasteiger partial charge in [0.15, 0.2) is 11.0 Å². The number of hydrogen-bond donors (Lipinski definition) is 0. The van der Waals surface area contributed by atoms with Crippen LogP contribution in [0.5, 0.6) is 0 Å². The molecule has 4 heterocycles. The zero-order valence-corrected chi connectivity index (χ0v) is 18.5. The van der Waals surface area contributed by atoms with E-state index in [1.54, 1.807) is 11.8 Å². The lowest BCUT2D eigenvalue weighted by Gasteiger charge is -2.31. The van der Waals surface area contributed by atoms with Crippen molar-refractivity contribution in [1.29, 1.82) is 0 Å². The molecule has 2 aromatic rings. The molecule has 2 aliphatic heterocycles. The number of thioether (sulfide) groups is 1. The first-order chi connectivity index (χ1) is 14.1. The summed E-state index contributed by atoms with van der Waals surface area (Å²) in [4.78, 5) is 6.89. The van der Waals surface area contributed by atoms with Crippen molar-refractivity contribution in [2.45, 2.75) is 76.4 Å². The predicted molar refractivity (Wildman–Crippen MR) is 112 cm³/mol. The molecule has 0 aliphatic carbocycles. The lowest BCUT2D eigenvalue weighted by atomic mass is 10.00. The zero-order valence-electron chi connectivity index (χ0n) is 17.7. The van der Waals surface area contributed by atoms with E-state index in [-0.39, 0.29) is 6.10 Å². The maximum atomic E-state index is 5.90. The molecule has 160 valence electrons. The zero-order chi connectivity index (χ0) is 20.2. The highest BCUT2D eigenvalue weighted by Gasteiger charge is 2.26. The number of rotatable bonds is 8. The quantitative estimate of drug-likeness (QED) is 0.600. The molecular formula is C20H32N6O2S. The number of ether oxygens (including phenoxy) is 1. The molecule has 1 atom stereocenters. The normalized spacial score (nSPS) is 20.8. The van der Waals surface area contributed by atoms with E-state index in [4.69, 9.17) is 9.26 Å². The van der Waals surface area contributed by atoms with Crippen LogP contribution in [0.2, 0.25) is 0 Å². The van der Waals surface area contributed by atoms with E-state index in [0.29, 0.717) is 17.6 Å². The topological polar surface area (TPSA) is 82.1 Å². The summed E-state index contributed by atoms with van der Waals surface area (Å²) in [7, 11) is 0. The van der Waals surface area contributed by atoms with E-state index in [1.807, 2.05) is 0 Å². The average Bonchev–Trinajstić information content (AvgIpc) is 3.43. The molecule has 0 bridgehead atoms. The number of anilines is 1. The van der Waals surface area contributed by atoms with E-state index in [0.717, 1.165) is 68.4 Å². The van der Waals surface area contributed by atoms with Crippen LogP contribution in [-0.4, -0.2) is 50.7 Å². The fraction of sp³-hybridized carbons (Fsp3) is 0.800. The Labute approximate surface area is 176 Å². The molecule has 29 heavy (non-hydrogen) atoms. The Balaban J connectivity index is 1.47. The van der Waals surface area contributed by atoms with E-state index in [1.165, 1.54) is 12.8 Å². The monoisotopic (exact) mass is 420 g/mol. The van der Waals surface area contributed by atoms with Crippen LogP contribution < -0.4 is 4.90 Å². The van der Waals surface area contributed by atoms with Crippen LogP contribution in [0.1, 0.15) is 58.2 Å². The second-order valence-corrected chi connectivity index (χ2v) is 9.63. The van der Waals surface area contributed by atoms with Gasteiger partial charge in [-0.05, 0) is 37.5 Å². The van der Waals surface area contributed by atoms with E-state index >= 15 is 0 Å². The first kappa shape index (κ1) is 20.7. The number of piperidine rings is 1. The van der Waals surface area contributed by atoms with Crippen molar-refractivity contribution < 1.29 is 9.26 Å². The van der Waals surface area contributed by atoms with Crippen LogP contribution in [0, 0.1) is 11.8 Å². The van der Waals surface area contributed by atoms with E-state index < -0.39 is 0 Å². The Hall–Kier alpha value is -1.61. The van der Waals surface area contributed by atoms with Crippen molar-refractivity contribution in [3.05, 3.63) is 11.7 Å². The van der Waals surface area contributed by atoms with Gasteiger partial charge in [-0.3, -0.25) is 4.57 Å². The Kier molecular flexibility index (Phi) is 6.74. The molecule has 0 aromatic carbocycles. The molecule has 2 aliphatic rings. The van der Waals surface area contributed by atoms with Gasteiger partial charge >= 0.3 is 0 Å². The van der Waals surface area contributed by atoms with Gasteiger partial charge in [0.2, 0.25) is 11.8 Å². The minimum Gasteiger partial charge on any atom is -0.376 e. The fourth-order valence-electron chi connectivity index (χ4n) is 3.91. The molecular weight excluding hydrogens is 388 g/mol. The average molecular weight is 421 g/mol. The number of nitrogens with zero attached hydrogens (tertiary/aromatic N) is 6. The van der Waals surface area contributed by atoms with Crippen molar-refractivity contribution in [3.63, 3.8) is 0 Å². The van der Waals surface area contributed by atoms with Crippen LogP contribution in [0.25, 0.3) is 0 Å².